The summed E-state index contributed by atoms with van der Waals surface area (Å²) in [7, 11) is 0. The molecular weight excluding hydrogens is 695 g/mol. The minimum atomic E-state index is -1.19. The van der Waals surface area contributed by atoms with Crippen LogP contribution in [0.4, 0.5) is 0 Å². The van der Waals surface area contributed by atoms with Crippen LogP contribution in [0.3, 0.4) is 0 Å². The van der Waals surface area contributed by atoms with Crippen LogP contribution in [0.1, 0.15) is 144 Å². The van der Waals surface area contributed by atoms with Crippen LogP contribution in [0, 0.1) is 67.5 Å². The van der Waals surface area contributed by atoms with Crippen molar-refractivity contribution in [1.82, 2.24) is 10.2 Å². The standard InChI is InChI=1S/C45H59N3O7/c1-25(2)34-29(49)22-45(36(51)38-48-47-37(55-38)27-12-10-26(24-46)11-13-27)21-20-43(8)28(35(34)45)14-15-31-42(7)18-17-32(54-33(50)23-40(3,4)39(52)53)41(5,6)30(42)16-19-44(31,43)9/h10-13,25,28,30-32,36,51H,14-23H2,1-9H3,(H,52,53)/t28-,30+,31-,32+,36-,42+,43-,44-,45-/m1/s1. The topological polar surface area (TPSA) is 164 Å². The third kappa shape index (κ3) is 5.76. The Morgan fingerprint density at radius 3 is 2.29 bits per heavy atom. The number of ether oxygens (including phenoxy) is 1. The first-order valence-electron chi connectivity index (χ1n) is 20.4. The number of carbonyl (C=O) groups is 3. The van der Waals surface area contributed by atoms with Crippen molar-refractivity contribution < 1.29 is 33.8 Å². The van der Waals surface area contributed by atoms with E-state index in [-0.39, 0.29) is 70.0 Å². The largest absolute Gasteiger partial charge is 0.481 e. The molecule has 0 aliphatic heterocycles. The summed E-state index contributed by atoms with van der Waals surface area (Å²) in [6.45, 7) is 19.3. The van der Waals surface area contributed by atoms with Crippen LogP contribution in [0.2, 0.25) is 0 Å². The monoisotopic (exact) mass is 753 g/mol. The van der Waals surface area contributed by atoms with Crippen molar-refractivity contribution in [3.8, 4) is 17.5 Å². The fraction of sp³-hybridized carbons (Fsp3) is 0.689. The molecule has 0 spiro atoms. The molecule has 1 aromatic carbocycles. The Balaban J connectivity index is 1.19. The molecule has 4 saturated carbocycles. The molecule has 7 rings (SSSR count). The van der Waals surface area contributed by atoms with E-state index in [1.807, 2.05) is 0 Å². The number of fused-ring (bicyclic) bond motifs is 7. The quantitative estimate of drug-likeness (QED) is 0.249. The summed E-state index contributed by atoms with van der Waals surface area (Å²) in [6.07, 6.45) is 5.80. The molecule has 0 amide bonds. The van der Waals surface area contributed by atoms with Crippen molar-refractivity contribution in [1.29, 1.82) is 5.26 Å². The van der Waals surface area contributed by atoms with Crippen LogP contribution in [-0.4, -0.2) is 44.2 Å². The lowest BCUT2D eigenvalue weighted by Crippen LogP contribution is -2.66. The number of benzene rings is 1. The van der Waals surface area contributed by atoms with Crippen LogP contribution >= 0.6 is 0 Å². The first-order chi connectivity index (χ1) is 25.7. The molecule has 2 aromatic rings. The molecule has 9 atom stereocenters. The van der Waals surface area contributed by atoms with Crippen molar-refractivity contribution in [2.75, 3.05) is 0 Å². The number of allylic oxidation sites excluding steroid dienone is 1. The number of aliphatic hydroxyl groups is 1. The second-order valence-electron chi connectivity index (χ2n) is 20.1. The van der Waals surface area contributed by atoms with E-state index < -0.39 is 28.9 Å². The van der Waals surface area contributed by atoms with E-state index in [0.717, 1.165) is 56.1 Å². The second kappa shape index (κ2) is 13.1. The molecule has 10 nitrogen and oxygen atoms in total. The van der Waals surface area contributed by atoms with E-state index in [1.54, 1.807) is 38.1 Å². The third-order valence-corrected chi connectivity index (χ3v) is 16.3. The number of carbonyl (C=O) groups excluding carboxylic acids is 2. The Hall–Kier alpha value is -3.84. The summed E-state index contributed by atoms with van der Waals surface area (Å²) in [4.78, 5) is 39.0. The predicted molar refractivity (Wildman–Crippen MR) is 205 cm³/mol. The Morgan fingerprint density at radius 2 is 1.65 bits per heavy atom. The van der Waals surface area contributed by atoms with Gasteiger partial charge < -0.3 is 19.4 Å². The molecule has 10 heteroatoms. The molecule has 5 aliphatic carbocycles. The van der Waals surface area contributed by atoms with Gasteiger partial charge in [0.25, 0.3) is 0 Å². The minimum Gasteiger partial charge on any atom is -0.481 e. The smallest absolute Gasteiger partial charge is 0.309 e. The van der Waals surface area contributed by atoms with Crippen molar-refractivity contribution in [3.05, 3.63) is 46.9 Å². The average Bonchev–Trinajstić information content (AvgIpc) is 3.72. The lowest BCUT2D eigenvalue weighted by atomic mass is 9.33. The zero-order valence-corrected chi connectivity index (χ0v) is 34.1. The molecule has 0 radical (unpaired) electrons. The lowest BCUT2D eigenvalue weighted by molar-refractivity contribution is -0.235. The number of rotatable bonds is 8. The number of nitriles is 1. The van der Waals surface area contributed by atoms with E-state index in [9.17, 15) is 29.9 Å². The number of nitrogens with zero attached hydrogens (tertiary/aromatic N) is 3. The predicted octanol–water partition coefficient (Wildman–Crippen LogP) is 9.04. The maximum absolute atomic E-state index is 14.2. The van der Waals surface area contributed by atoms with Gasteiger partial charge in [-0.15, -0.1) is 10.2 Å². The number of esters is 1. The second-order valence-corrected chi connectivity index (χ2v) is 20.1. The van der Waals surface area contributed by atoms with Crippen LogP contribution in [0.15, 0.2) is 39.8 Å². The zero-order valence-electron chi connectivity index (χ0n) is 34.1. The van der Waals surface area contributed by atoms with Gasteiger partial charge in [-0.05, 0) is 141 Å². The van der Waals surface area contributed by atoms with Gasteiger partial charge in [0.2, 0.25) is 11.8 Å². The molecule has 2 N–H and O–H groups in total. The first-order valence-corrected chi connectivity index (χ1v) is 20.4. The highest BCUT2D eigenvalue weighted by atomic mass is 16.5. The molecular formula is C45H59N3O7. The van der Waals surface area contributed by atoms with Crippen LogP contribution < -0.4 is 0 Å². The van der Waals surface area contributed by atoms with Gasteiger partial charge in [-0.25, -0.2) is 0 Å². The number of carboxylic acids is 1. The normalized spacial score (nSPS) is 35.9. The number of Topliss-reactive ketones (excluding diaryl/α,β-unsaturated/α-hetero) is 1. The van der Waals surface area contributed by atoms with Gasteiger partial charge in [0.05, 0.1) is 23.5 Å². The summed E-state index contributed by atoms with van der Waals surface area (Å²) in [5, 5.41) is 39.9. The Labute approximate surface area is 325 Å². The molecule has 4 fully saturated rings. The first kappa shape index (κ1) is 39.4. The number of hydrogen-bond donors (Lipinski definition) is 2. The summed E-state index contributed by atoms with van der Waals surface area (Å²) < 4.78 is 12.3. The van der Waals surface area contributed by atoms with E-state index in [1.165, 1.54) is 0 Å². The highest BCUT2D eigenvalue weighted by molar-refractivity contribution is 6.00. The molecule has 296 valence electrons. The minimum absolute atomic E-state index is 0.00806. The van der Waals surface area contributed by atoms with Crippen LogP contribution in [0.5, 0.6) is 0 Å². The summed E-state index contributed by atoms with van der Waals surface area (Å²) in [6, 6.07) is 9.02. The highest BCUT2D eigenvalue weighted by Gasteiger charge is 2.71. The third-order valence-electron chi connectivity index (χ3n) is 16.3. The van der Waals surface area contributed by atoms with E-state index in [4.69, 9.17) is 9.15 Å². The fourth-order valence-electron chi connectivity index (χ4n) is 13.2. The maximum Gasteiger partial charge on any atom is 0.309 e. The Kier molecular flexibility index (Phi) is 9.39. The van der Waals surface area contributed by atoms with E-state index in [0.29, 0.717) is 29.4 Å². The van der Waals surface area contributed by atoms with Crippen molar-refractivity contribution in [2.24, 2.45) is 56.2 Å². The van der Waals surface area contributed by atoms with Gasteiger partial charge in [0.15, 0.2) is 5.78 Å². The number of aliphatic carboxylic acids is 1. The molecule has 0 saturated heterocycles. The van der Waals surface area contributed by atoms with Crippen molar-refractivity contribution in [3.63, 3.8) is 0 Å². The van der Waals surface area contributed by atoms with Gasteiger partial charge >= 0.3 is 11.9 Å². The van der Waals surface area contributed by atoms with Gasteiger partial charge in [0, 0.05) is 22.8 Å². The summed E-state index contributed by atoms with van der Waals surface area (Å²) >= 11 is 0. The van der Waals surface area contributed by atoms with Crippen molar-refractivity contribution >= 4 is 17.7 Å². The van der Waals surface area contributed by atoms with Crippen molar-refractivity contribution in [2.45, 2.75) is 139 Å². The molecule has 55 heavy (non-hydrogen) atoms. The Morgan fingerprint density at radius 1 is 0.964 bits per heavy atom. The molecule has 5 aliphatic rings. The Bertz CT molecular complexity index is 1970. The van der Waals surface area contributed by atoms with Gasteiger partial charge in [0.1, 0.15) is 12.2 Å². The number of aliphatic hydroxyl groups excluding tert-OH is 1. The maximum atomic E-state index is 14.2. The highest BCUT2D eigenvalue weighted by Crippen LogP contribution is 2.77. The molecule has 1 heterocycles. The average molecular weight is 754 g/mol. The van der Waals surface area contributed by atoms with E-state index >= 15 is 0 Å². The number of hydrogen-bond acceptors (Lipinski definition) is 9. The van der Waals surface area contributed by atoms with Gasteiger partial charge in [-0.1, -0.05) is 48.5 Å². The van der Waals surface area contributed by atoms with Gasteiger partial charge in [-0.3, -0.25) is 14.4 Å². The molecule has 1 aromatic heterocycles. The summed E-state index contributed by atoms with van der Waals surface area (Å²) in [5.41, 5.74) is 0.747. The lowest BCUT2D eigenvalue weighted by Gasteiger charge is -2.72. The molecule has 0 bridgehead atoms. The molecule has 0 unspecified atom stereocenters. The fourth-order valence-corrected chi connectivity index (χ4v) is 13.2. The van der Waals surface area contributed by atoms with Gasteiger partial charge in [-0.2, -0.15) is 5.26 Å². The number of aromatic nitrogens is 2. The SMILES string of the molecule is CC(C)C1=C2[C@H]3CC[C@@H]4[C@@]5(C)CC[C@H](OC(=O)CC(C)(C)C(=O)O)C(C)(C)[C@@H]5CC[C@@]4(C)[C@]3(C)CC[C@@]2([C@H](O)c2nnc(-c3ccc(C#N)cc3)o2)CC1=O. The van der Waals surface area contributed by atoms with E-state index in [2.05, 4.69) is 64.7 Å². The van der Waals surface area contributed by atoms with Crippen LogP contribution in [-0.2, 0) is 19.1 Å². The van der Waals surface area contributed by atoms with Crippen LogP contribution in [0.25, 0.3) is 11.5 Å². The number of ketones is 1. The number of carboxylic acid groups (broad SMARTS) is 1. The zero-order chi connectivity index (χ0) is 40.1. The summed E-state index contributed by atoms with van der Waals surface area (Å²) in [5.74, 6) is -0.0763.